The fraction of sp³-hybridized carbons (Fsp3) is 0.0526. The van der Waals surface area contributed by atoms with E-state index in [2.05, 4.69) is 179 Å². The van der Waals surface area contributed by atoms with Gasteiger partial charge in [0.1, 0.15) is 0 Å². The van der Waals surface area contributed by atoms with Crippen LogP contribution in [-0.2, 0) is 6.42 Å². The van der Waals surface area contributed by atoms with E-state index in [9.17, 15) is 10.5 Å². The molecule has 4 heteroatoms. The highest BCUT2D eigenvalue weighted by molar-refractivity contribution is 6.18. The van der Waals surface area contributed by atoms with E-state index in [-0.39, 0.29) is 0 Å². The second-order valence-corrected chi connectivity index (χ2v) is 16.3. The summed E-state index contributed by atoms with van der Waals surface area (Å²) >= 11 is 0. The van der Waals surface area contributed by atoms with Gasteiger partial charge in [-0.3, -0.25) is 0 Å². The van der Waals surface area contributed by atoms with E-state index >= 15 is 0 Å². The van der Waals surface area contributed by atoms with Crippen LogP contribution < -0.4 is 0 Å². The molecular weight excluding hydrogens is 741 g/mol. The molecule has 61 heavy (non-hydrogen) atoms. The van der Waals surface area contributed by atoms with Gasteiger partial charge in [0.25, 0.3) is 0 Å². The Labute approximate surface area is 352 Å². The lowest BCUT2D eigenvalue weighted by molar-refractivity contribution is 0.967. The van der Waals surface area contributed by atoms with Crippen LogP contribution in [0.25, 0.3) is 105 Å². The first-order valence-electron chi connectivity index (χ1n) is 20.8. The number of rotatable bonds is 4. The molecule has 9 aromatic carbocycles. The van der Waals surface area contributed by atoms with Crippen molar-refractivity contribution in [3.8, 4) is 45.8 Å². The number of fused-ring (bicyclic) bond motifs is 11. The lowest BCUT2D eigenvalue weighted by Gasteiger charge is -2.17. The maximum Gasteiger partial charge on any atom is 0.0998 e. The number of allylic oxidation sites excluding steroid dienone is 1. The van der Waals surface area contributed by atoms with Gasteiger partial charge in [-0.05, 0) is 147 Å². The van der Waals surface area contributed by atoms with E-state index < -0.39 is 0 Å². The van der Waals surface area contributed by atoms with Gasteiger partial charge in [0.15, 0.2) is 0 Å². The Morgan fingerprint density at radius 3 is 1.61 bits per heavy atom. The highest BCUT2D eigenvalue weighted by atomic mass is 15.0. The lowest BCUT2D eigenvalue weighted by atomic mass is 9.90. The van der Waals surface area contributed by atoms with Crippen molar-refractivity contribution in [2.45, 2.75) is 19.8 Å². The Hall–Kier alpha value is -8.18. The van der Waals surface area contributed by atoms with Crippen molar-refractivity contribution >= 4 is 71.1 Å². The predicted molar refractivity (Wildman–Crippen MR) is 253 cm³/mol. The smallest absolute Gasteiger partial charge is 0.0998 e. The number of benzene rings is 9. The highest BCUT2D eigenvalue weighted by Crippen LogP contribution is 2.41. The normalized spacial score (nSPS) is 12.4. The van der Waals surface area contributed by atoms with E-state index in [0.29, 0.717) is 16.7 Å². The Bertz CT molecular complexity index is 3710. The van der Waals surface area contributed by atoms with Gasteiger partial charge in [0.05, 0.1) is 39.8 Å². The molecule has 1 aliphatic rings. The first-order valence-corrected chi connectivity index (χ1v) is 20.8. The van der Waals surface area contributed by atoms with Crippen LogP contribution in [0.3, 0.4) is 0 Å². The molecule has 0 bridgehead atoms. The lowest BCUT2D eigenvalue weighted by Crippen LogP contribution is -2.03. The first-order chi connectivity index (χ1) is 30.1. The summed E-state index contributed by atoms with van der Waals surface area (Å²) in [5.41, 5.74) is 14.3. The summed E-state index contributed by atoms with van der Waals surface area (Å²) in [5.74, 6) is 0. The van der Waals surface area contributed by atoms with Crippen LogP contribution in [0, 0.1) is 29.6 Å². The van der Waals surface area contributed by atoms with Crippen LogP contribution in [0.1, 0.15) is 34.4 Å². The third-order valence-corrected chi connectivity index (χ3v) is 12.8. The zero-order chi connectivity index (χ0) is 40.8. The molecule has 0 spiro atoms. The van der Waals surface area contributed by atoms with E-state index in [1.54, 1.807) is 0 Å². The molecule has 0 saturated heterocycles. The van der Waals surface area contributed by atoms with Crippen molar-refractivity contribution in [1.82, 2.24) is 9.13 Å². The Balaban J connectivity index is 1.05. The minimum Gasteiger partial charge on any atom is -0.309 e. The van der Waals surface area contributed by atoms with Gasteiger partial charge in [-0.25, -0.2) is 0 Å². The topological polar surface area (TPSA) is 57.4 Å². The molecule has 1 aliphatic carbocycles. The van der Waals surface area contributed by atoms with Crippen molar-refractivity contribution in [2.75, 3.05) is 0 Å². The average Bonchev–Trinajstić information content (AvgIpc) is 3.83. The molecule has 11 aromatic rings. The maximum absolute atomic E-state index is 9.98. The summed E-state index contributed by atoms with van der Waals surface area (Å²) in [6.07, 6.45) is 6.71. The molecule has 284 valence electrons. The fourth-order valence-electron chi connectivity index (χ4n) is 10.2. The Kier molecular flexibility index (Phi) is 7.67. The van der Waals surface area contributed by atoms with Crippen molar-refractivity contribution in [3.63, 3.8) is 0 Å². The van der Waals surface area contributed by atoms with Crippen LogP contribution in [0.4, 0.5) is 0 Å². The quantitative estimate of drug-likeness (QED) is 0.167. The third-order valence-electron chi connectivity index (χ3n) is 12.8. The summed E-state index contributed by atoms with van der Waals surface area (Å²) in [6.45, 7) is 1.92. The SMILES string of the molecule is Cc1cc(C#N)c(-c2ccc3c(ccc4c5ccc(-c6cc(-n7c8c(c9ccccc97)CCC=C8)cc(-n7c8ccccc8c8ccccc87)c6)cc5ccc34)c2)c(C#N)c1. The number of para-hydroxylation sites is 3. The molecule has 0 radical (unpaired) electrons. The minimum absolute atomic E-state index is 0.518. The monoisotopic (exact) mass is 776 g/mol. The Morgan fingerprint density at radius 2 is 0.984 bits per heavy atom. The maximum atomic E-state index is 9.98. The first kappa shape index (κ1) is 34.8. The van der Waals surface area contributed by atoms with Gasteiger partial charge < -0.3 is 9.13 Å². The predicted octanol–water partition coefficient (Wildman–Crippen LogP) is 14.5. The molecule has 0 amide bonds. The largest absolute Gasteiger partial charge is 0.309 e. The third kappa shape index (κ3) is 5.30. The number of hydrogen-bond donors (Lipinski definition) is 0. The Morgan fingerprint density at radius 1 is 0.459 bits per heavy atom. The highest BCUT2D eigenvalue weighted by Gasteiger charge is 2.21. The molecule has 0 N–H and O–H groups in total. The molecule has 0 aliphatic heterocycles. The number of aryl methyl sites for hydroxylation is 2. The van der Waals surface area contributed by atoms with E-state index in [1.807, 2.05) is 25.1 Å². The number of hydrogen-bond acceptors (Lipinski definition) is 2. The van der Waals surface area contributed by atoms with Gasteiger partial charge in [-0.15, -0.1) is 0 Å². The molecule has 4 nitrogen and oxygen atoms in total. The molecule has 0 atom stereocenters. The van der Waals surface area contributed by atoms with Gasteiger partial charge >= 0.3 is 0 Å². The summed E-state index contributed by atoms with van der Waals surface area (Å²) < 4.78 is 4.89. The van der Waals surface area contributed by atoms with Gasteiger partial charge in [0.2, 0.25) is 0 Å². The summed E-state index contributed by atoms with van der Waals surface area (Å²) in [6, 6.07) is 63.8. The van der Waals surface area contributed by atoms with Crippen LogP contribution in [0.15, 0.2) is 170 Å². The van der Waals surface area contributed by atoms with Crippen molar-refractivity contribution in [3.05, 3.63) is 198 Å². The molecule has 2 heterocycles. The number of nitriles is 2. The second kappa shape index (κ2) is 13.4. The summed E-state index contributed by atoms with van der Waals surface area (Å²) in [5, 5.41) is 30.7. The van der Waals surface area contributed by atoms with Crippen molar-refractivity contribution < 1.29 is 0 Å². The van der Waals surface area contributed by atoms with E-state index in [4.69, 9.17) is 0 Å². The zero-order valence-electron chi connectivity index (χ0n) is 33.4. The van der Waals surface area contributed by atoms with Crippen LogP contribution >= 0.6 is 0 Å². The molecule has 2 aromatic heterocycles. The molecule has 0 unspecified atom stereocenters. The summed E-state index contributed by atoms with van der Waals surface area (Å²) in [7, 11) is 0. The van der Waals surface area contributed by atoms with Gasteiger partial charge in [0, 0.05) is 38.8 Å². The molecule has 0 saturated carbocycles. The fourth-order valence-corrected chi connectivity index (χ4v) is 10.2. The van der Waals surface area contributed by atoms with Gasteiger partial charge in [-0.2, -0.15) is 10.5 Å². The van der Waals surface area contributed by atoms with Gasteiger partial charge in [-0.1, -0.05) is 109 Å². The summed E-state index contributed by atoms with van der Waals surface area (Å²) in [4.78, 5) is 0. The van der Waals surface area contributed by atoms with Crippen LogP contribution in [-0.4, -0.2) is 9.13 Å². The van der Waals surface area contributed by atoms with Crippen molar-refractivity contribution in [1.29, 1.82) is 10.5 Å². The minimum atomic E-state index is 0.518. The average molecular weight is 777 g/mol. The zero-order valence-corrected chi connectivity index (χ0v) is 33.4. The van der Waals surface area contributed by atoms with Crippen molar-refractivity contribution in [2.24, 2.45) is 0 Å². The van der Waals surface area contributed by atoms with E-state index in [1.165, 1.54) is 65.5 Å². The van der Waals surface area contributed by atoms with Crippen LogP contribution in [0.5, 0.6) is 0 Å². The van der Waals surface area contributed by atoms with E-state index in [0.717, 1.165) is 57.2 Å². The molecular formula is C57H36N4. The molecule has 0 fully saturated rings. The number of aromatic nitrogens is 2. The second-order valence-electron chi connectivity index (χ2n) is 16.3. The van der Waals surface area contributed by atoms with Crippen LogP contribution in [0.2, 0.25) is 0 Å². The standard InChI is InChI=1S/C57H36N4/c1-35-26-41(33-58)57(42(27-35)34-59)39-21-23-46-38(29-39)20-25-47-45-22-18-36(28-37(45)19-24-48(46)47)40-30-43(60-53-14-6-2-10-49(53)50-11-3-7-15-54(50)60)32-44(31-40)61-55-16-8-4-12-51(55)52-13-5-9-17-56(52)61/h2-4,6-12,14-32H,5,13H2,1H3. The number of nitrogens with zero attached hydrogens (tertiary/aromatic N) is 4. The molecule has 12 rings (SSSR count).